The first-order chi connectivity index (χ1) is 12.7. The van der Waals surface area contributed by atoms with Crippen LogP contribution in [0.3, 0.4) is 0 Å². The molecular weight excluding hydrogens is 328 g/mol. The third-order valence-electron chi connectivity index (χ3n) is 4.43. The second-order valence-electron chi connectivity index (χ2n) is 6.31. The number of anilines is 1. The fourth-order valence-corrected chi connectivity index (χ4v) is 2.94. The van der Waals surface area contributed by atoms with Gasteiger partial charge in [0.25, 0.3) is 0 Å². The minimum Gasteiger partial charge on any atom is -0.368 e. The maximum atomic E-state index is 10.8. The van der Waals surface area contributed by atoms with Crippen LogP contribution in [0.15, 0.2) is 47.4 Å². The lowest BCUT2D eigenvalue weighted by Gasteiger charge is -2.34. The summed E-state index contributed by atoms with van der Waals surface area (Å²) < 4.78 is 0. The number of carbonyl (C=O) groups is 1. The topological polar surface area (TPSA) is 76.6 Å². The van der Waals surface area contributed by atoms with Gasteiger partial charge in [0.2, 0.25) is 0 Å². The quantitative estimate of drug-likeness (QED) is 0.454. The van der Waals surface area contributed by atoms with Crippen molar-refractivity contribution >= 4 is 29.7 Å². The first-order valence-corrected chi connectivity index (χ1v) is 8.63. The number of aliphatic imine (C=N–C) groups is 1. The average molecular weight is 352 g/mol. The largest absolute Gasteiger partial charge is 0.368 e. The Morgan fingerprint density at radius 2 is 2.19 bits per heavy atom. The van der Waals surface area contributed by atoms with Crippen molar-refractivity contribution in [2.24, 2.45) is 4.99 Å². The van der Waals surface area contributed by atoms with Gasteiger partial charge in [-0.3, -0.25) is 9.79 Å². The first-order valence-electron chi connectivity index (χ1n) is 8.63. The summed E-state index contributed by atoms with van der Waals surface area (Å²) in [6.45, 7) is 8.28. The molecule has 0 aromatic carbocycles. The van der Waals surface area contributed by atoms with E-state index in [2.05, 4.69) is 49.9 Å². The molecule has 2 aromatic heterocycles. The zero-order valence-electron chi connectivity index (χ0n) is 15.0. The van der Waals surface area contributed by atoms with E-state index in [4.69, 9.17) is 0 Å². The molecule has 1 aliphatic heterocycles. The zero-order valence-corrected chi connectivity index (χ0v) is 15.0. The van der Waals surface area contributed by atoms with E-state index < -0.39 is 0 Å². The van der Waals surface area contributed by atoms with Crippen LogP contribution < -0.4 is 5.32 Å². The molecule has 0 spiro atoms. The highest BCUT2D eigenvalue weighted by Crippen LogP contribution is 2.17. The molecule has 136 valence electrons. The lowest BCUT2D eigenvalue weighted by atomic mass is 10.2. The number of aromatic nitrogens is 2. The summed E-state index contributed by atoms with van der Waals surface area (Å²) >= 11 is 0. The highest BCUT2D eigenvalue weighted by atomic mass is 16.1. The first kappa shape index (κ1) is 17.9. The highest BCUT2D eigenvalue weighted by Gasteiger charge is 2.14. The number of allylic oxidation sites excluding steroid dienone is 1. The molecule has 0 radical (unpaired) electrons. The molecule has 1 saturated heterocycles. The average Bonchev–Trinajstić information content (AvgIpc) is 3.07. The van der Waals surface area contributed by atoms with Crippen LogP contribution in [-0.4, -0.2) is 72.5 Å². The summed E-state index contributed by atoms with van der Waals surface area (Å²) in [5, 5.41) is 4.19. The molecule has 0 bridgehead atoms. The second kappa shape index (κ2) is 8.44. The van der Waals surface area contributed by atoms with Gasteiger partial charge in [-0.05, 0) is 25.9 Å². The van der Waals surface area contributed by atoms with Gasteiger partial charge in [-0.2, -0.15) is 0 Å². The van der Waals surface area contributed by atoms with E-state index in [-0.39, 0.29) is 0 Å². The van der Waals surface area contributed by atoms with E-state index >= 15 is 0 Å². The summed E-state index contributed by atoms with van der Waals surface area (Å²) in [5.41, 5.74) is 2.51. The summed E-state index contributed by atoms with van der Waals surface area (Å²) in [6, 6.07) is 3.69. The Morgan fingerprint density at radius 3 is 2.92 bits per heavy atom. The van der Waals surface area contributed by atoms with Crippen molar-refractivity contribution in [3.8, 4) is 0 Å². The van der Waals surface area contributed by atoms with Crippen molar-refractivity contribution in [1.29, 1.82) is 0 Å². The number of piperazine rings is 1. The lowest BCUT2D eigenvalue weighted by molar-refractivity contribution is 0.112. The Hall–Kier alpha value is -2.93. The van der Waals surface area contributed by atoms with Gasteiger partial charge >= 0.3 is 0 Å². The van der Waals surface area contributed by atoms with Crippen LogP contribution in [0, 0.1) is 0 Å². The Kier molecular flexibility index (Phi) is 5.80. The van der Waals surface area contributed by atoms with Crippen molar-refractivity contribution in [3.63, 3.8) is 0 Å². The maximum absolute atomic E-state index is 10.8. The number of likely N-dealkylation sites (N-methyl/N-ethyl adjacent to an activating group) is 1. The Labute approximate surface area is 153 Å². The number of aromatic amines is 1. The molecule has 2 aromatic rings. The Bertz CT molecular complexity index is 830. The smallest absolute Gasteiger partial charge is 0.166 e. The predicted molar refractivity (Wildman–Crippen MR) is 106 cm³/mol. The number of nitrogens with zero attached hydrogens (tertiary/aromatic N) is 4. The van der Waals surface area contributed by atoms with Gasteiger partial charge in [0.05, 0.1) is 16.9 Å². The van der Waals surface area contributed by atoms with Gasteiger partial charge in [0, 0.05) is 56.6 Å². The van der Waals surface area contributed by atoms with Crippen LogP contribution in [0.2, 0.25) is 0 Å². The molecule has 3 rings (SSSR count). The molecule has 7 nitrogen and oxygen atoms in total. The molecule has 1 fully saturated rings. The predicted octanol–water partition coefficient (Wildman–Crippen LogP) is 2.13. The number of hydrogen-bond acceptors (Lipinski definition) is 6. The van der Waals surface area contributed by atoms with Crippen LogP contribution in [-0.2, 0) is 0 Å². The van der Waals surface area contributed by atoms with E-state index in [1.165, 1.54) is 0 Å². The number of H-pyrrole nitrogens is 1. The number of pyridine rings is 1. The number of carbonyl (C=O) groups excluding carboxylic acids is 1. The SMILES string of the molecule is C=N/C=C(\C=C/CNc1cc2[nH]c(C=O)cc2cn1)N1CCN(C)CC1. The van der Waals surface area contributed by atoms with E-state index in [0.717, 1.165) is 54.9 Å². The summed E-state index contributed by atoms with van der Waals surface area (Å²) in [7, 11) is 2.14. The monoisotopic (exact) mass is 352 g/mol. The molecule has 0 saturated carbocycles. The van der Waals surface area contributed by atoms with Crippen LogP contribution in [0.25, 0.3) is 10.9 Å². The standard InChI is InChI=1S/C19H24N6O/c1-20-13-17(25-8-6-24(2)7-9-25)4-3-5-21-19-11-18-15(12-22-19)10-16(14-26)23-18/h3-4,10-14,23H,1,5-9H2,2H3,(H,21,22)/b4-3-,17-13+. The fourth-order valence-electron chi connectivity index (χ4n) is 2.94. The highest BCUT2D eigenvalue weighted by molar-refractivity contribution is 5.88. The minimum atomic E-state index is 0.553. The van der Waals surface area contributed by atoms with Crippen molar-refractivity contribution in [3.05, 3.63) is 48.1 Å². The molecule has 0 atom stereocenters. The lowest BCUT2D eigenvalue weighted by Crippen LogP contribution is -2.43. The number of hydrogen-bond donors (Lipinski definition) is 2. The third kappa shape index (κ3) is 4.37. The summed E-state index contributed by atoms with van der Waals surface area (Å²) in [4.78, 5) is 26.8. The molecule has 1 aliphatic rings. The third-order valence-corrected chi connectivity index (χ3v) is 4.43. The molecule has 0 aliphatic carbocycles. The second-order valence-corrected chi connectivity index (χ2v) is 6.31. The van der Waals surface area contributed by atoms with E-state index in [9.17, 15) is 4.79 Å². The molecule has 26 heavy (non-hydrogen) atoms. The maximum Gasteiger partial charge on any atom is 0.166 e. The Morgan fingerprint density at radius 1 is 1.38 bits per heavy atom. The molecular formula is C19H24N6O. The molecule has 3 heterocycles. The number of rotatable bonds is 7. The number of nitrogens with one attached hydrogen (secondary N) is 2. The normalized spacial score (nSPS) is 16.3. The van der Waals surface area contributed by atoms with Gasteiger partial charge in [0.15, 0.2) is 6.29 Å². The van der Waals surface area contributed by atoms with Gasteiger partial charge < -0.3 is 20.1 Å². The van der Waals surface area contributed by atoms with Gasteiger partial charge in [-0.1, -0.05) is 6.08 Å². The van der Waals surface area contributed by atoms with Crippen LogP contribution in [0.1, 0.15) is 10.5 Å². The Balaban J connectivity index is 1.59. The summed E-state index contributed by atoms with van der Waals surface area (Å²) in [6.07, 6.45) is 8.46. The van der Waals surface area contributed by atoms with Gasteiger partial charge in [-0.15, -0.1) is 0 Å². The van der Waals surface area contributed by atoms with Gasteiger partial charge in [-0.25, -0.2) is 4.98 Å². The molecule has 7 heteroatoms. The van der Waals surface area contributed by atoms with Crippen molar-refractivity contribution in [1.82, 2.24) is 19.8 Å². The van der Waals surface area contributed by atoms with E-state index in [0.29, 0.717) is 12.2 Å². The van der Waals surface area contributed by atoms with Crippen LogP contribution >= 0.6 is 0 Å². The molecule has 0 unspecified atom stereocenters. The van der Waals surface area contributed by atoms with Crippen molar-refractivity contribution < 1.29 is 4.79 Å². The van der Waals surface area contributed by atoms with E-state index in [1.807, 2.05) is 12.1 Å². The number of aldehydes is 1. The van der Waals surface area contributed by atoms with Crippen molar-refractivity contribution in [2.75, 3.05) is 45.1 Å². The molecule has 2 N–H and O–H groups in total. The van der Waals surface area contributed by atoms with Gasteiger partial charge in [0.1, 0.15) is 5.82 Å². The number of fused-ring (bicyclic) bond motifs is 1. The molecule has 0 amide bonds. The van der Waals surface area contributed by atoms with E-state index in [1.54, 1.807) is 18.5 Å². The van der Waals surface area contributed by atoms with Crippen LogP contribution in [0.4, 0.5) is 5.82 Å². The zero-order chi connectivity index (χ0) is 18.4. The minimum absolute atomic E-state index is 0.553. The fraction of sp³-hybridized carbons (Fsp3) is 0.316. The van der Waals surface area contributed by atoms with Crippen LogP contribution in [0.5, 0.6) is 0 Å². The van der Waals surface area contributed by atoms with Crippen molar-refractivity contribution in [2.45, 2.75) is 0 Å². The summed E-state index contributed by atoms with van der Waals surface area (Å²) in [5.74, 6) is 0.758.